The fourth-order valence-corrected chi connectivity index (χ4v) is 1.17. The molecule has 2 saturated heterocycles. The van der Waals surface area contributed by atoms with Gasteiger partial charge < -0.3 is 9.47 Å². The molecule has 0 aromatic heterocycles. The number of hydrogen-bond acceptors (Lipinski definition) is 2. The molecule has 2 fully saturated rings. The summed E-state index contributed by atoms with van der Waals surface area (Å²) in [5, 5.41) is 0. The molecular formula is C9H14O2. The van der Waals surface area contributed by atoms with Gasteiger partial charge in [0.1, 0.15) is 0 Å². The predicted molar refractivity (Wildman–Crippen MR) is 41.9 cm³/mol. The van der Waals surface area contributed by atoms with Gasteiger partial charge in [-0.1, -0.05) is 6.92 Å². The van der Waals surface area contributed by atoms with E-state index < -0.39 is 0 Å². The predicted octanol–water partition coefficient (Wildman–Crippen LogP) is 1.22. The molecule has 2 aliphatic rings. The largest absolute Gasteiger partial charge is 0.373 e. The van der Waals surface area contributed by atoms with Crippen molar-refractivity contribution in [2.24, 2.45) is 5.92 Å². The molecule has 2 aliphatic heterocycles. The van der Waals surface area contributed by atoms with Gasteiger partial charge in [0.15, 0.2) is 0 Å². The van der Waals surface area contributed by atoms with E-state index >= 15 is 0 Å². The topological polar surface area (TPSA) is 25.1 Å². The molecule has 0 aromatic rings. The Morgan fingerprint density at radius 3 is 2.55 bits per heavy atom. The molecule has 3 atom stereocenters. The van der Waals surface area contributed by atoms with Crippen LogP contribution in [0.25, 0.3) is 0 Å². The maximum Gasteiger partial charge on any atom is 0.0844 e. The van der Waals surface area contributed by atoms with Gasteiger partial charge in [0.05, 0.1) is 25.4 Å². The summed E-state index contributed by atoms with van der Waals surface area (Å²) in [5.74, 6) is 0.645. The molecule has 0 saturated carbocycles. The highest BCUT2D eigenvalue weighted by atomic mass is 16.6. The summed E-state index contributed by atoms with van der Waals surface area (Å²) in [6.07, 6.45) is 6.58. The Bertz CT molecular complexity index is 128. The Hall–Kier alpha value is -0.0800. The van der Waals surface area contributed by atoms with E-state index in [1.807, 2.05) is 0 Å². The van der Waals surface area contributed by atoms with E-state index in [2.05, 4.69) is 19.8 Å². The van der Waals surface area contributed by atoms with Crippen molar-refractivity contribution >= 4 is 0 Å². The lowest BCUT2D eigenvalue weighted by molar-refractivity contribution is 0.401. The Labute approximate surface area is 67.9 Å². The maximum absolute atomic E-state index is 5.10. The molecule has 2 rings (SSSR count). The van der Waals surface area contributed by atoms with Crippen LogP contribution in [0, 0.1) is 18.8 Å². The lowest BCUT2D eigenvalue weighted by Gasteiger charge is -2.06. The first-order valence-corrected chi connectivity index (χ1v) is 4.26. The van der Waals surface area contributed by atoms with Crippen molar-refractivity contribution < 1.29 is 9.47 Å². The summed E-state index contributed by atoms with van der Waals surface area (Å²) < 4.78 is 10.2. The summed E-state index contributed by atoms with van der Waals surface area (Å²) in [4.78, 5) is 0. The molecular weight excluding hydrogens is 140 g/mol. The third-order valence-electron chi connectivity index (χ3n) is 2.03. The first-order chi connectivity index (χ1) is 5.34. The normalized spacial score (nSPS) is 36.8. The van der Waals surface area contributed by atoms with Gasteiger partial charge in [0, 0.05) is 0 Å². The van der Waals surface area contributed by atoms with Crippen LogP contribution in [0.15, 0.2) is 0 Å². The maximum atomic E-state index is 5.10. The molecule has 0 aromatic carbocycles. The number of rotatable bonds is 5. The average Bonchev–Trinajstić information content (AvgIpc) is 2.80. The molecule has 2 heterocycles. The number of epoxide rings is 2. The van der Waals surface area contributed by atoms with Crippen LogP contribution in [0.2, 0.25) is 0 Å². The summed E-state index contributed by atoms with van der Waals surface area (Å²) in [6.45, 7) is 4.09. The van der Waals surface area contributed by atoms with Crippen LogP contribution in [-0.4, -0.2) is 25.4 Å². The van der Waals surface area contributed by atoms with Gasteiger partial charge in [0.2, 0.25) is 0 Å². The fraction of sp³-hybridized carbons (Fsp3) is 0.778. The van der Waals surface area contributed by atoms with E-state index in [1.165, 1.54) is 0 Å². The van der Waals surface area contributed by atoms with Gasteiger partial charge in [-0.25, -0.2) is 0 Å². The molecule has 2 nitrogen and oxygen atoms in total. The zero-order valence-electron chi connectivity index (χ0n) is 6.82. The molecule has 0 N–H and O–H groups in total. The van der Waals surface area contributed by atoms with Crippen molar-refractivity contribution in [2.75, 3.05) is 13.2 Å². The van der Waals surface area contributed by atoms with E-state index in [1.54, 1.807) is 0 Å². The average molecular weight is 154 g/mol. The monoisotopic (exact) mass is 154 g/mol. The summed E-state index contributed by atoms with van der Waals surface area (Å²) >= 11 is 0. The van der Waals surface area contributed by atoms with Crippen LogP contribution in [-0.2, 0) is 9.47 Å². The second-order valence-corrected chi connectivity index (χ2v) is 3.38. The highest BCUT2D eigenvalue weighted by molar-refractivity contribution is 4.94. The van der Waals surface area contributed by atoms with Crippen LogP contribution < -0.4 is 0 Å². The number of ether oxygens (including phenoxy) is 2. The lowest BCUT2D eigenvalue weighted by atomic mass is 9.99. The van der Waals surface area contributed by atoms with Crippen LogP contribution in [0.4, 0.5) is 0 Å². The molecule has 11 heavy (non-hydrogen) atoms. The molecule has 3 unspecified atom stereocenters. The van der Waals surface area contributed by atoms with E-state index in [0.29, 0.717) is 18.1 Å². The van der Waals surface area contributed by atoms with Crippen LogP contribution in [0.1, 0.15) is 13.3 Å². The van der Waals surface area contributed by atoms with Crippen molar-refractivity contribution in [1.82, 2.24) is 0 Å². The quantitative estimate of drug-likeness (QED) is 0.556. The highest BCUT2D eigenvalue weighted by Crippen LogP contribution is 2.23. The molecule has 0 spiro atoms. The van der Waals surface area contributed by atoms with E-state index in [-0.39, 0.29) is 0 Å². The van der Waals surface area contributed by atoms with Crippen molar-refractivity contribution in [3.8, 4) is 0 Å². The second kappa shape index (κ2) is 3.11. The number of hydrogen-bond donors (Lipinski definition) is 0. The molecule has 2 heteroatoms. The standard InChI is InChI=1S/C9H14O2/c1-7(4-9-6-11-9)2-3-8-5-10-8/h3-4,7-9H,2,5-6H2,1H3. The van der Waals surface area contributed by atoms with Crippen LogP contribution in [0.3, 0.4) is 0 Å². The van der Waals surface area contributed by atoms with Crippen LogP contribution in [0.5, 0.6) is 0 Å². The summed E-state index contributed by atoms with van der Waals surface area (Å²) in [7, 11) is 0. The van der Waals surface area contributed by atoms with Gasteiger partial charge in [-0.3, -0.25) is 0 Å². The second-order valence-electron chi connectivity index (χ2n) is 3.38. The minimum absolute atomic E-state index is 0.457. The smallest absolute Gasteiger partial charge is 0.0844 e. The van der Waals surface area contributed by atoms with Crippen molar-refractivity contribution in [2.45, 2.75) is 25.6 Å². The fourth-order valence-electron chi connectivity index (χ4n) is 1.17. The van der Waals surface area contributed by atoms with Gasteiger partial charge in [-0.15, -0.1) is 0 Å². The third kappa shape index (κ3) is 2.80. The first-order valence-electron chi connectivity index (χ1n) is 4.26. The van der Waals surface area contributed by atoms with Gasteiger partial charge in [-0.05, 0) is 25.2 Å². The van der Waals surface area contributed by atoms with Crippen LogP contribution >= 0.6 is 0 Å². The Kier molecular flexibility index (Phi) is 2.14. The Balaban J connectivity index is 1.52. The minimum Gasteiger partial charge on any atom is -0.373 e. The summed E-state index contributed by atoms with van der Waals surface area (Å²) in [5.41, 5.74) is 0. The third-order valence-corrected chi connectivity index (χ3v) is 2.03. The van der Waals surface area contributed by atoms with Gasteiger partial charge >= 0.3 is 0 Å². The van der Waals surface area contributed by atoms with Gasteiger partial charge in [-0.2, -0.15) is 0 Å². The van der Waals surface area contributed by atoms with E-state index in [9.17, 15) is 0 Å². The van der Waals surface area contributed by atoms with Crippen molar-refractivity contribution in [3.05, 3.63) is 12.8 Å². The van der Waals surface area contributed by atoms with Gasteiger partial charge in [0.25, 0.3) is 0 Å². The highest BCUT2D eigenvalue weighted by Gasteiger charge is 2.27. The molecule has 62 valence electrons. The van der Waals surface area contributed by atoms with E-state index in [0.717, 1.165) is 19.6 Å². The summed E-state index contributed by atoms with van der Waals surface area (Å²) in [6, 6.07) is 0. The Morgan fingerprint density at radius 1 is 1.36 bits per heavy atom. The van der Waals surface area contributed by atoms with E-state index in [4.69, 9.17) is 9.47 Å². The minimum atomic E-state index is 0.457. The Morgan fingerprint density at radius 2 is 2.00 bits per heavy atom. The molecule has 0 bridgehead atoms. The zero-order chi connectivity index (χ0) is 7.68. The molecule has 0 aliphatic carbocycles. The zero-order valence-corrected chi connectivity index (χ0v) is 6.82. The lowest BCUT2D eigenvalue weighted by Crippen LogP contribution is -2.02. The molecule has 0 amide bonds. The first kappa shape index (κ1) is 7.56. The molecule has 2 radical (unpaired) electrons. The SMILES string of the molecule is CC([CH]C1CO1)C[CH]C1CO1. The van der Waals surface area contributed by atoms with Crippen molar-refractivity contribution in [3.63, 3.8) is 0 Å². The van der Waals surface area contributed by atoms with Crippen molar-refractivity contribution in [1.29, 1.82) is 0 Å².